The normalized spacial score (nSPS) is 25.1. The zero-order valence-electron chi connectivity index (χ0n) is 18.8. The highest BCUT2D eigenvalue weighted by atomic mass is 19.4. The quantitative estimate of drug-likeness (QED) is 0.684. The molecule has 1 saturated carbocycles. The van der Waals surface area contributed by atoms with Crippen molar-refractivity contribution in [1.29, 1.82) is 0 Å². The summed E-state index contributed by atoms with van der Waals surface area (Å²) < 4.78 is 46.0. The van der Waals surface area contributed by atoms with Crippen LogP contribution in [0.25, 0.3) is 0 Å². The molecule has 5 nitrogen and oxygen atoms in total. The summed E-state index contributed by atoms with van der Waals surface area (Å²) in [5.74, 6) is -0.488. The maximum atomic E-state index is 13.5. The Hall–Kier alpha value is -2.25. The van der Waals surface area contributed by atoms with Gasteiger partial charge in [-0.15, -0.1) is 0 Å². The third-order valence-corrected chi connectivity index (χ3v) is 6.70. The first kappa shape index (κ1) is 22.9. The summed E-state index contributed by atoms with van der Waals surface area (Å²) in [5, 5.41) is 2.92. The van der Waals surface area contributed by atoms with Gasteiger partial charge in [0, 0.05) is 37.2 Å². The summed E-state index contributed by atoms with van der Waals surface area (Å²) in [5.41, 5.74) is 0.0757. The molecule has 2 atom stereocenters. The number of benzene rings is 1. The topological polar surface area (TPSA) is 58.6 Å². The van der Waals surface area contributed by atoms with Crippen molar-refractivity contribution < 1.29 is 27.5 Å². The van der Waals surface area contributed by atoms with Crippen molar-refractivity contribution in [2.45, 2.75) is 64.1 Å². The number of anilines is 1. The van der Waals surface area contributed by atoms with Crippen molar-refractivity contribution in [2.75, 3.05) is 24.5 Å². The van der Waals surface area contributed by atoms with E-state index in [1.54, 1.807) is 6.07 Å². The van der Waals surface area contributed by atoms with Gasteiger partial charge in [-0.25, -0.2) is 0 Å². The zero-order valence-corrected chi connectivity index (χ0v) is 18.8. The maximum Gasteiger partial charge on any atom is 0.416 e. The van der Waals surface area contributed by atoms with Gasteiger partial charge >= 0.3 is 12.1 Å². The Kier molecular flexibility index (Phi) is 5.92. The fourth-order valence-corrected chi connectivity index (χ4v) is 4.99. The van der Waals surface area contributed by atoms with Crippen molar-refractivity contribution in [3.8, 4) is 0 Å². The number of halogens is 3. The first-order chi connectivity index (χ1) is 14.9. The van der Waals surface area contributed by atoms with Crippen LogP contribution in [0.2, 0.25) is 0 Å². The van der Waals surface area contributed by atoms with Crippen LogP contribution in [0.3, 0.4) is 0 Å². The van der Waals surface area contributed by atoms with E-state index in [1.165, 1.54) is 6.07 Å². The lowest BCUT2D eigenvalue weighted by molar-refractivity contribution is -0.160. The monoisotopic (exact) mass is 452 g/mol. The van der Waals surface area contributed by atoms with Crippen LogP contribution in [0.4, 0.5) is 18.9 Å². The molecule has 4 rings (SSSR count). The van der Waals surface area contributed by atoms with E-state index in [2.05, 4.69) is 5.32 Å². The fourth-order valence-electron chi connectivity index (χ4n) is 4.99. The highest BCUT2D eigenvalue weighted by molar-refractivity contribution is 5.84. The van der Waals surface area contributed by atoms with E-state index in [0.717, 1.165) is 24.5 Å². The standard InChI is InChI=1S/C24H31F3N2O3/c1-23(2,3)32-22(31)15-8-10-29(11-9-15)19-12-16(24(25,26)27)6-7-17(19)18-13-28-21(30)20(18)14-4-5-14/h6-7,12,14-15,18,20H,4-5,8-11,13H2,1-3H3,(H,28,30)/t18?,20-/m1/s1. The molecular formula is C24H31F3N2O3. The molecule has 3 aliphatic rings. The van der Waals surface area contributed by atoms with Gasteiger partial charge in [0.05, 0.1) is 11.5 Å². The van der Waals surface area contributed by atoms with E-state index in [-0.39, 0.29) is 29.6 Å². The van der Waals surface area contributed by atoms with Crippen molar-refractivity contribution in [1.82, 2.24) is 5.32 Å². The molecule has 176 valence electrons. The Morgan fingerprint density at radius 1 is 1.09 bits per heavy atom. The van der Waals surface area contributed by atoms with Crippen LogP contribution in [0.15, 0.2) is 18.2 Å². The van der Waals surface area contributed by atoms with Crippen molar-refractivity contribution >= 4 is 17.6 Å². The Balaban J connectivity index is 1.58. The van der Waals surface area contributed by atoms with E-state index < -0.39 is 17.3 Å². The molecule has 0 spiro atoms. The number of amides is 1. The van der Waals surface area contributed by atoms with Crippen molar-refractivity contribution in [3.05, 3.63) is 29.3 Å². The van der Waals surface area contributed by atoms with Crippen LogP contribution in [-0.2, 0) is 20.5 Å². The molecule has 1 aliphatic carbocycles. The van der Waals surface area contributed by atoms with E-state index in [9.17, 15) is 22.8 Å². The summed E-state index contributed by atoms with van der Waals surface area (Å²) in [6.07, 6.45) is -1.41. The molecule has 2 heterocycles. The molecule has 32 heavy (non-hydrogen) atoms. The number of nitrogens with zero attached hydrogens (tertiary/aromatic N) is 1. The van der Waals surface area contributed by atoms with Gasteiger partial charge in [0.15, 0.2) is 0 Å². The Labute approximate surface area is 186 Å². The maximum absolute atomic E-state index is 13.5. The van der Waals surface area contributed by atoms with E-state index in [0.29, 0.717) is 44.1 Å². The summed E-state index contributed by atoms with van der Waals surface area (Å²) in [6.45, 7) is 6.86. The first-order valence-electron chi connectivity index (χ1n) is 11.4. The van der Waals surface area contributed by atoms with E-state index in [4.69, 9.17) is 4.74 Å². The van der Waals surface area contributed by atoms with Crippen LogP contribution in [0.1, 0.15) is 63.5 Å². The molecule has 1 aromatic carbocycles. The fraction of sp³-hybridized carbons (Fsp3) is 0.667. The molecule has 0 radical (unpaired) electrons. The van der Waals surface area contributed by atoms with Gasteiger partial charge in [0.1, 0.15) is 5.60 Å². The average Bonchev–Trinajstić information content (AvgIpc) is 3.47. The molecule has 2 aliphatic heterocycles. The number of carbonyl (C=O) groups excluding carboxylic acids is 2. The minimum absolute atomic E-state index is 0.00646. The predicted molar refractivity (Wildman–Crippen MR) is 114 cm³/mol. The Bertz CT molecular complexity index is 881. The van der Waals surface area contributed by atoms with E-state index in [1.807, 2.05) is 25.7 Å². The van der Waals surface area contributed by atoms with Gasteiger partial charge in [0.2, 0.25) is 5.91 Å². The van der Waals surface area contributed by atoms with E-state index >= 15 is 0 Å². The molecule has 1 amide bonds. The molecule has 3 fully saturated rings. The summed E-state index contributed by atoms with van der Waals surface area (Å²) >= 11 is 0. The number of esters is 1. The minimum atomic E-state index is -4.44. The summed E-state index contributed by atoms with van der Waals surface area (Å²) in [6, 6.07) is 3.90. The van der Waals surface area contributed by atoms with Crippen LogP contribution in [0.5, 0.6) is 0 Å². The van der Waals surface area contributed by atoms with Gasteiger partial charge in [-0.1, -0.05) is 6.07 Å². The third-order valence-electron chi connectivity index (χ3n) is 6.70. The lowest BCUT2D eigenvalue weighted by atomic mass is 9.83. The van der Waals surface area contributed by atoms with Gasteiger partial charge in [-0.3, -0.25) is 9.59 Å². The smallest absolute Gasteiger partial charge is 0.416 e. The number of hydrogen-bond acceptors (Lipinski definition) is 4. The lowest BCUT2D eigenvalue weighted by Gasteiger charge is -2.36. The van der Waals surface area contributed by atoms with Gasteiger partial charge in [0.25, 0.3) is 0 Å². The highest BCUT2D eigenvalue weighted by Gasteiger charge is 2.47. The zero-order chi connectivity index (χ0) is 23.3. The third kappa shape index (κ3) is 4.89. The molecule has 1 aromatic rings. The average molecular weight is 453 g/mol. The van der Waals surface area contributed by atoms with Gasteiger partial charge in [-0.05, 0) is 70.1 Å². The summed E-state index contributed by atoms with van der Waals surface area (Å²) in [4.78, 5) is 26.8. The number of ether oxygens (including phenoxy) is 1. The second kappa shape index (κ2) is 8.27. The molecule has 1 unspecified atom stereocenters. The number of carbonyl (C=O) groups is 2. The first-order valence-corrected chi connectivity index (χ1v) is 11.4. The number of rotatable bonds is 4. The number of piperidine rings is 1. The van der Waals surface area contributed by atoms with Crippen molar-refractivity contribution in [3.63, 3.8) is 0 Å². The second-order valence-corrected chi connectivity index (χ2v) is 10.3. The SMILES string of the molecule is CC(C)(C)OC(=O)C1CCN(c2cc(C(F)(F)F)ccc2C2CNC(=O)[C@@H]2C2CC2)CC1. The van der Waals surface area contributed by atoms with Gasteiger partial charge in [-0.2, -0.15) is 13.2 Å². The molecule has 0 bridgehead atoms. The van der Waals surface area contributed by atoms with Crippen LogP contribution in [-0.4, -0.2) is 37.1 Å². The van der Waals surface area contributed by atoms with Crippen LogP contribution < -0.4 is 10.2 Å². The molecule has 0 aromatic heterocycles. The molecule has 1 N–H and O–H groups in total. The van der Waals surface area contributed by atoms with Crippen molar-refractivity contribution in [2.24, 2.45) is 17.8 Å². The predicted octanol–water partition coefficient (Wildman–Crippen LogP) is 4.50. The van der Waals surface area contributed by atoms with Gasteiger partial charge < -0.3 is 15.0 Å². The number of nitrogens with one attached hydrogen (secondary N) is 1. The molecular weight excluding hydrogens is 421 g/mol. The summed E-state index contributed by atoms with van der Waals surface area (Å²) in [7, 11) is 0. The second-order valence-electron chi connectivity index (χ2n) is 10.3. The molecule has 8 heteroatoms. The Morgan fingerprint density at radius 3 is 2.31 bits per heavy atom. The lowest BCUT2D eigenvalue weighted by Crippen LogP contribution is -2.39. The van der Waals surface area contributed by atoms with Crippen LogP contribution in [0, 0.1) is 17.8 Å². The largest absolute Gasteiger partial charge is 0.460 e. The highest BCUT2D eigenvalue weighted by Crippen LogP contribution is 2.48. The number of hydrogen-bond donors (Lipinski definition) is 1. The van der Waals surface area contributed by atoms with Crippen LogP contribution >= 0.6 is 0 Å². The molecule has 2 saturated heterocycles. The Morgan fingerprint density at radius 2 is 1.75 bits per heavy atom. The minimum Gasteiger partial charge on any atom is -0.460 e. The number of alkyl halides is 3.